The van der Waals surface area contributed by atoms with Gasteiger partial charge >= 0.3 is 5.97 Å². The number of thiazole rings is 1. The van der Waals surface area contributed by atoms with Crippen molar-refractivity contribution in [3.63, 3.8) is 0 Å². The summed E-state index contributed by atoms with van der Waals surface area (Å²) in [6, 6.07) is 2.85. The number of rotatable bonds is 9. The fourth-order valence-electron chi connectivity index (χ4n) is 4.06. The van der Waals surface area contributed by atoms with Crippen LogP contribution in [0.15, 0.2) is 51.7 Å². The number of carboxylic acids is 2. The lowest BCUT2D eigenvalue weighted by Crippen LogP contribution is -2.71. The smallest absolute Gasteiger partial charge is 0.350 e. The number of thiophene rings is 1. The summed E-state index contributed by atoms with van der Waals surface area (Å²) in [5, 5.41) is 31.6. The minimum absolute atomic E-state index is 0.0263. The molecule has 2 aliphatic heterocycles. The van der Waals surface area contributed by atoms with Crippen molar-refractivity contribution in [1.29, 1.82) is 0 Å². The first-order valence-corrected chi connectivity index (χ1v) is 14.5. The number of amides is 2. The van der Waals surface area contributed by atoms with Crippen LogP contribution in [0.1, 0.15) is 19.5 Å². The Morgan fingerprint density at radius 1 is 1.35 bits per heavy atom. The summed E-state index contributed by atoms with van der Waals surface area (Å²) >= 11 is 3.89. The predicted molar refractivity (Wildman–Crippen MR) is 145 cm³/mol. The molecule has 0 bridgehead atoms. The molecule has 5 heterocycles. The minimum atomic E-state index is -1.76. The van der Waals surface area contributed by atoms with Crippen LogP contribution >= 0.6 is 34.4 Å². The van der Waals surface area contributed by atoms with E-state index in [1.807, 2.05) is 34.5 Å². The third-order valence-corrected chi connectivity index (χ3v) is 9.10. The first kappa shape index (κ1) is 27.5. The molecule has 0 spiro atoms. The maximum Gasteiger partial charge on any atom is 0.350 e. The Bertz CT molecular complexity index is 1610. The van der Waals surface area contributed by atoms with Crippen LogP contribution in [0.3, 0.4) is 0 Å². The first-order valence-electron chi connectivity index (χ1n) is 11.7. The van der Waals surface area contributed by atoms with Gasteiger partial charge in [0.25, 0.3) is 11.8 Å². The van der Waals surface area contributed by atoms with E-state index in [-0.39, 0.29) is 28.8 Å². The van der Waals surface area contributed by atoms with E-state index in [1.54, 1.807) is 11.3 Å². The fraction of sp³-hybridized carbons (Fsp3) is 0.292. The Morgan fingerprint density at radius 3 is 2.80 bits per heavy atom. The molecule has 16 heteroatoms. The van der Waals surface area contributed by atoms with E-state index in [4.69, 9.17) is 10.6 Å². The summed E-state index contributed by atoms with van der Waals surface area (Å²) in [5.41, 5.74) is 3.85. The molecular formula is C24H22N6O7S3. The quantitative estimate of drug-likeness (QED) is 0.129. The van der Waals surface area contributed by atoms with E-state index >= 15 is 0 Å². The number of nitrogen functional groups attached to an aromatic ring is 1. The van der Waals surface area contributed by atoms with Gasteiger partial charge in [-0.05, 0) is 25.3 Å². The number of nitrogens with two attached hydrogens (primary N) is 1. The van der Waals surface area contributed by atoms with Gasteiger partial charge in [0.1, 0.15) is 17.1 Å². The molecule has 2 atom stereocenters. The van der Waals surface area contributed by atoms with Gasteiger partial charge in [-0.2, -0.15) is 4.57 Å². The highest BCUT2D eigenvalue weighted by molar-refractivity contribution is 8.00. The number of aliphatic carboxylic acids is 2. The van der Waals surface area contributed by atoms with Crippen molar-refractivity contribution >= 4 is 79.1 Å². The number of anilines is 1. The summed E-state index contributed by atoms with van der Waals surface area (Å²) in [7, 11) is 0. The molecule has 4 N–H and O–H groups in total. The van der Waals surface area contributed by atoms with E-state index < -0.39 is 40.8 Å². The van der Waals surface area contributed by atoms with Gasteiger partial charge in [-0.1, -0.05) is 5.16 Å². The molecule has 1 saturated heterocycles. The number of β-lactam (4-membered cyclic amide) rings is 1. The highest BCUT2D eigenvalue weighted by Gasteiger charge is 2.53. The van der Waals surface area contributed by atoms with E-state index in [2.05, 4.69) is 15.5 Å². The van der Waals surface area contributed by atoms with Crippen LogP contribution in [0.5, 0.6) is 0 Å². The molecule has 40 heavy (non-hydrogen) atoms. The molecule has 2 aliphatic rings. The SMILES string of the molecule is CC(C)(ON=C(C(=O)NC1C(=O)N2C(C(=O)[O-])=C(C[n+]3ccc4ccsc4c3)CS[C@@H]12)c1csc(N)n1)C(=O)O. The van der Waals surface area contributed by atoms with Gasteiger partial charge in [-0.3, -0.25) is 14.5 Å². The number of fused-ring (bicyclic) bond motifs is 2. The summed E-state index contributed by atoms with van der Waals surface area (Å²) in [5.74, 6) is -4.01. The number of thioether (sulfide) groups is 1. The predicted octanol–water partition coefficient (Wildman–Crippen LogP) is -0.0845. The lowest BCUT2D eigenvalue weighted by molar-refractivity contribution is -0.687. The van der Waals surface area contributed by atoms with Crippen molar-refractivity contribution in [2.45, 2.75) is 37.4 Å². The first-order chi connectivity index (χ1) is 19.0. The average molecular weight is 603 g/mol. The second-order valence-electron chi connectivity index (χ2n) is 9.38. The van der Waals surface area contributed by atoms with E-state index in [0.29, 0.717) is 11.3 Å². The van der Waals surface area contributed by atoms with Gasteiger partial charge in [0.2, 0.25) is 5.60 Å². The summed E-state index contributed by atoms with van der Waals surface area (Å²) in [6.45, 7) is 2.74. The molecule has 0 radical (unpaired) electrons. The van der Waals surface area contributed by atoms with Gasteiger partial charge in [-0.15, -0.1) is 34.4 Å². The van der Waals surface area contributed by atoms with Crippen molar-refractivity contribution in [3.05, 3.63) is 52.3 Å². The number of aromatic nitrogens is 2. The summed E-state index contributed by atoms with van der Waals surface area (Å²) in [4.78, 5) is 60.1. The lowest BCUT2D eigenvalue weighted by atomic mass is 10.0. The molecule has 0 aromatic carbocycles. The number of hydrogen-bond donors (Lipinski definition) is 3. The number of carboxylic acid groups (broad SMARTS) is 2. The van der Waals surface area contributed by atoms with Crippen LogP contribution in [0.2, 0.25) is 0 Å². The third-order valence-electron chi connectivity index (χ3n) is 6.22. The second-order valence-corrected chi connectivity index (χ2v) is 12.3. The molecule has 5 rings (SSSR count). The van der Waals surface area contributed by atoms with Crippen LogP contribution in [0.4, 0.5) is 5.13 Å². The largest absolute Gasteiger partial charge is 0.543 e. The normalized spacial score (nSPS) is 19.3. The van der Waals surface area contributed by atoms with Crippen LogP contribution in [0.25, 0.3) is 10.1 Å². The van der Waals surface area contributed by atoms with Gasteiger partial charge < -0.3 is 30.9 Å². The van der Waals surface area contributed by atoms with Crippen LogP contribution in [0, 0.1) is 0 Å². The second kappa shape index (κ2) is 10.5. The molecular weight excluding hydrogens is 581 g/mol. The Labute approximate surface area is 238 Å². The van der Waals surface area contributed by atoms with Crippen molar-refractivity contribution in [2.75, 3.05) is 11.5 Å². The zero-order chi connectivity index (χ0) is 28.8. The third kappa shape index (κ3) is 5.12. The zero-order valence-corrected chi connectivity index (χ0v) is 23.5. The van der Waals surface area contributed by atoms with Gasteiger partial charge in [0, 0.05) is 28.2 Å². The summed E-state index contributed by atoms with van der Waals surface area (Å²) < 4.78 is 2.89. The number of nitrogens with one attached hydrogen (secondary N) is 1. The topological polar surface area (TPSA) is 191 Å². The molecule has 3 aromatic heterocycles. The number of pyridine rings is 1. The van der Waals surface area contributed by atoms with Crippen molar-refractivity contribution in [2.24, 2.45) is 5.16 Å². The number of hydrogen-bond acceptors (Lipinski definition) is 12. The number of carbonyl (C=O) groups is 4. The van der Waals surface area contributed by atoms with E-state index in [1.165, 1.54) is 31.0 Å². The van der Waals surface area contributed by atoms with Crippen molar-refractivity contribution in [1.82, 2.24) is 15.2 Å². The monoisotopic (exact) mass is 602 g/mol. The fourth-order valence-corrected chi connectivity index (χ4v) is 6.78. The van der Waals surface area contributed by atoms with Crippen LogP contribution in [-0.2, 0) is 30.6 Å². The molecule has 13 nitrogen and oxygen atoms in total. The Morgan fingerprint density at radius 2 is 2.12 bits per heavy atom. The van der Waals surface area contributed by atoms with Crippen molar-refractivity contribution in [3.8, 4) is 0 Å². The summed E-state index contributed by atoms with van der Waals surface area (Å²) in [6.07, 6.45) is 3.75. The Hall–Kier alpha value is -4.02. The Kier molecular flexibility index (Phi) is 7.24. The van der Waals surface area contributed by atoms with Gasteiger partial charge in [0.15, 0.2) is 29.8 Å². The average Bonchev–Trinajstić information content (AvgIpc) is 3.55. The minimum Gasteiger partial charge on any atom is -0.543 e. The van der Waals surface area contributed by atoms with Gasteiger partial charge in [-0.25, -0.2) is 9.78 Å². The Balaban J connectivity index is 1.36. The standard InChI is InChI=1S/C24H22N6O7S3/c1-24(2,22(35)36)37-28-15(13-10-40-23(25)26-13)18(31)27-16-19(32)30-17(21(33)34)12(9-39-20(16)30)7-29-5-3-11-4-6-38-14(11)8-29/h3-6,8,10,16,20H,7,9H2,1-2H3,(H4-,25,26,27,31,33,34,35,36)/t16?,20-/m0/s1. The van der Waals surface area contributed by atoms with Crippen LogP contribution in [-0.4, -0.2) is 67.2 Å². The molecule has 2 amide bonds. The highest BCUT2D eigenvalue weighted by atomic mass is 32.2. The zero-order valence-electron chi connectivity index (χ0n) is 21.0. The van der Waals surface area contributed by atoms with Gasteiger partial charge in [0.05, 0.1) is 16.4 Å². The number of nitrogens with zero attached hydrogens (tertiary/aromatic N) is 4. The number of carbonyl (C=O) groups excluding carboxylic acids is 3. The molecule has 3 aromatic rings. The van der Waals surface area contributed by atoms with Crippen LogP contribution < -0.4 is 20.7 Å². The molecule has 208 valence electrons. The maximum atomic E-state index is 13.2. The maximum absolute atomic E-state index is 13.2. The van der Waals surface area contributed by atoms with E-state index in [0.717, 1.165) is 26.3 Å². The van der Waals surface area contributed by atoms with Crippen molar-refractivity contribution < 1.29 is 38.8 Å². The number of oxime groups is 1. The van der Waals surface area contributed by atoms with E-state index in [9.17, 15) is 29.4 Å². The molecule has 1 fully saturated rings. The molecule has 0 aliphatic carbocycles. The molecule has 1 unspecified atom stereocenters. The lowest BCUT2D eigenvalue weighted by Gasteiger charge is -2.50. The highest BCUT2D eigenvalue weighted by Crippen LogP contribution is 2.40. The molecule has 0 saturated carbocycles.